The predicted octanol–water partition coefficient (Wildman–Crippen LogP) is 3.05. The molecule has 1 saturated carbocycles. The topological polar surface area (TPSA) is 55.1 Å². The van der Waals surface area contributed by atoms with E-state index in [9.17, 15) is 8.78 Å². The quantitative estimate of drug-likeness (QED) is 0.884. The standard InChI is InChI=1S/C13H17F2N5/c1-8(2-3-9-4-5-9)16-10-6-7-11-17-18-13(12(14)15)20(11)19-10/h6-9,12H,2-5H2,1H3,(H,16,19). The Labute approximate surface area is 115 Å². The van der Waals surface area contributed by atoms with Gasteiger partial charge in [-0.1, -0.05) is 12.8 Å². The number of nitrogens with one attached hydrogen (secondary N) is 1. The fourth-order valence-electron chi connectivity index (χ4n) is 2.24. The molecule has 1 atom stereocenters. The van der Waals surface area contributed by atoms with Crippen LogP contribution in [-0.4, -0.2) is 25.9 Å². The maximum absolute atomic E-state index is 12.8. The molecule has 0 spiro atoms. The largest absolute Gasteiger partial charge is 0.366 e. The summed E-state index contributed by atoms with van der Waals surface area (Å²) in [5.74, 6) is 1.04. The van der Waals surface area contributed by atoms with Gasteiger partial charge in [-0.3, -0.25) is 0 Å². The summed E-state index contributed by atoms with van der Waals surface area (Å²) in [6, 6.07) is 3.65. The summed E-state index contributed by atoms with van der Waals surface area (Å²) in [5.41, 5.74) is 0.330. The molecule has 0 bridgehead atoms. The third kappa shape index (κ3) is 2.86. The van der Waals surface area contributed by atoms with Gasteiger partial charge in [-0.25, -0.2) is 8.78 Å². The van der Waals surface area contributed by atoms with Crippen LogP contribution in [0.5, 0.6) is 0 Å². The minimum atomic E-state index is -2.68. The van der Waals surface area contributed by atoms with Gasteiger partial charge >= 0.3 is 0 Å². The predicted molar refractivity (Wildman–Crippen MR) is 70.8 cm³/mol. The van der Waals surface area contributed by atoms with Crippen molar-refractivity contribution in [1.82, 2.24) is 19.8 Å². The van der Waals surface area contributed by atoms with E-state index in [1.807, 2.05) is 0 Å². The van der Waals surface area contributed by atoms with Gasteiger partial charge in [0.2, 0.25) is 5.82 Å². The molecule has 1 aliphatic carbocycles. The van der Waals surface area contributed by atoms with Crippen LogP contribution in [0, 0.1) is 5.92 Å². The number of fused-ring (bicyclic) bond motifs is 1. The lowest BCUT2D eigenvalue weighted by atomic mass is 10.1. The van der Waals surface area contributed by atoms with E-state index >= 15 is 0 Å². The third-order valence-electron chi connectivity index (χ3n) is 3.58. The van der Waals surface area contributed by atoms with Crippen LogP contribution in [0.15, 0.2) is 12.1 Å². The Morgan fingerprint density at radius 2 is 2.15 bits per heavy atom. The van der Waals surface area contributed by atoms with E-state index in [2.05, 4.69) is 27.5 Å². The second-order valence-electron chi connectivity index (χ2n) is 5.41. The molecule has 20 heavy (non-hydrogen) atoms. The third-order valence-corrected chi connectivity index (χ3v) is 3.58. The average Bonchev–Trinajstić information content (AvgIpc) is 3.14. The number of alkyl halides is 2. The molecule has 5 nitrogen and oxygen atoms in total. The van der Waals surface area contributed by atoms with Crippen molar-refractivity contribution in [3.63, 3.8) is 0 Å². The number of nitrogens with zero attached hydrogens (tertiary/aromatic N) is 4. The van der Waals surface area contributed by atoms with Crippen LogP contribution in [0.4, 0.5) is 14.6 Å². The van der Waals surface area contributed by atoms with Crippen molar-refractivity contribution < 1.29 is 8.78 Å². The van der Waals surface area contributed by atoms with Crippen LogP contribution in [-0.2, 0) is 0 Å². The Morgan fingerprint density at radius 3 is 2.85 bits per heavy atom. The Hall–Kier alpha value is -1.79. The van der Waals surface area contributed by atoms with E-state index in [0.717, 1.165) is 16.9 Å². The van der Waals surface area contributed by atoms with Gasteiger partial charge < -0.3 is 5.32 Å². The van der Waals surface area contributed by atoms with Gasteiger partial charge in [0.15, 0.2) is 5.65 Å². The molecule has 1 N–H and O–H groups in total. The molecular weight excluding hydrogens is 264 g/mol. The van der Waals surface area contributed by atoms with Gasteiger partial charge in [-0.15, -0.1) is 15.3 Å². The lowest BCUT2D eigenvalue weighted by Crippen LogP contribution is -2.17. The minimum absolute atomic E-state index is 0.270. The zero-order chi connectivity index (χ0) is 14.1. The molecule has 1 fully saturated rings. The zero-order valence-electron chi connectivity index (χ0n) is 11.3. The van der Waals surface area contributed by atoms with Gasteiger partial charge in [-0.2, -0.15) is 4.52 Å². The number of rotatable bonds is 6. The molecule has 2 heterocycles. The minimum Gasteiger partial charge on any atom is -0.366 e. The number of halogens is 2. The SMILES string of the molecule is CC(CCC1CC1)Nc1ccc2nnc(C(F)F)n2n1. The molecule has 2 aromatic heterocycles. The summed E-state index contributed by atoms with van der Waals surface area (Å²) in [6.07, 6.45) is 2.28. The summed E-state index contributed by atoms with van der Waals surface area (Å²) in [5, 5.41) is 14.5. The van der Waals surface area contributed by atoms with E-state index in [1.54, 1.807) is 12.1 Å². The van der Waals surface area contributed by atoms with Gasteiger partial charge in [-0.05, 0) is 37.8 Å². The van der Waals surface area contributed by atoms with Gasteiger partial charge in [0, 0.05) is 6.04 Å². The molecule has 1 aliphatic rings. The first-order chi connectivity index (χ1) is 9.63. The van der Waals surface area contributed by atoms with E-state index in [1.165, 1.54) is 19.3 Å². The number of anilines is 1. The van der Waals surface area contributed by atoms with Crippen molar-refractivity contribution in [3.05, 3.63) is 18.0 Å². The normalized spacial score (nSPS) is 16.8. The summed E-state index contributed by atoms with van der Waals surface area (Å²) in [4.78, 5) is 0. The van der Waals surface area contributed by atoms with E-state index in [-0.39, 0.29) is 6.04 Å². The first kappa shape index (κ1) is 13.2. The zero-order valence-corrected chi connectivity index (χ0v) is 11.3. The lowest BCUT2D eigenvalue weighted by molar-refractivity contribution is 0.137. The molecule has 0 radical (unpaired) electrons. The van der Waals surface area contributed by atoms with Crippen molar-refractivity contribution >= 4 is 11.5 Å². The van der Waals surface area contributed by atoms with Crippen LogP contribution < -0.4 is 5.32 Å². The molecule has 1 unspecified atom stereocenters. The second-order valence-corrected chi connectivity index (χ2v) is 5.41. The van der Waals surface area contributed by atoms with E-state index < -0.39 is 12.2 Å². The summed E-state index contributed by atoms with van der Waals surface area (Å²) >= 11 is 0. The second kappa shape index (κ2) is 5.30. The van der Waals surface area contributed by atoms with Crippen molar-refractivity contribution in [1.29, 1.82) is 0 Å². The van der Waals surface area contributed by atoms with Crippen molar-refractivity contribution in [2.24, 2.45) is 5.92 Å². The van der Waals surface area contributed by atoms with E-state index in [0.29, 0.717) is 11.5 Å². The Morgan fingerprint density at radius 1 is 1.35 bits per heavy atom. The molecule has 0 aromatic carbocycles. The Kier molecular flexibility index (Phi) is 3.50. The first-order valence-electron chi connectivity index (χ1n) is 6.90. The summed E-state index contributed by atoms with van der Waals surface area (Å²) in [6.45, 7) is 2.08. The maximum atomic E-state index is 12.8. The smallest absolute Gasteiger partial charge is 0.299 e. The summed E-state index contributed by atoms with van der Waals surface area (Å²) in [7, 11) is 0. The Bertz CT molecular complexity index is 593. The lowest BCUT2D eigenvalue weighted by Gasteiger charge is -2.14. The van der Waals surface area contributed by atoms with Gasteiger partial charge in [0.25, 0.3) is 6.43 Å². The van der Waals surface area contributed by atoms with Crippen LogP contribution in [0.1, 0.15) is 44.9 Å². The molecular formula is C13H17F2N5. The molecule has 2 aromatic rings. The van der Waals surface area contributed by atoms with Crippen molar-refractivity contribution in [2.45, 2.75) is 45.1 Å². The van der Waals surface area contributed by atoms with E-state index in [4.69, 9.17) is 0 Å². The van der Waals surface area contributed by atoms with Crippen LogP contribution >= 0.6 is 0 Å². The Balaban J connectivity index is 1.71. The monoisotopic (exact) mass is 281 g/mol. The number of aromatic nitrogens is 4. The fraction of sp³-hybridized carbons (Fsp3) is 0.615. The van der Waals surface area contributed by atoms with Gasteiger partial charge in [0.1, 0.15) is 5.82 Å². The average molecular weight is 281 g/mol. The molecule has 0 saturated heterocycles. The highest BCUT2D eigenvalue weighted by Crippen LogP contribution is 2.34. The number of hydrogen-bond acceptors (Lipinski definition) is 4. The summed E-state index contributed by atoms with van der Waals surface area (Å²) < 4.78 is 26.6. The number of hydrogen-bond donors (Lipinski definition) is 1. The molecule has 0 aliphatic heterocycles. The molecule has 7 heteroatoms. The maximum Gasteiger partial charge on any atom is 0.299 e. The first-order valence-corrected chi connectivity index (χ1v) is 6.90. The van der Waals surface area contributed by atoms with Gasteiger partial charge in [0.05, 0.1) is 0 Å². The molecule has 3 rings (SSSR count). The fourth-order valence-corrected chi connectivity index (χ4v) is 2.24. The van der Waals surface area contributed by atoms with Crippen molar-refractivity contribution in [2.75, 3.05) is 5.32 Å². The van der Waals surface area contributed by atoms with Crippen molar-refractivity contribution in [3.8, 4) is 0 Å². The highest BCUT2D eigenvalue weighted by atomic mass is 19.3. The molecule has 108 valence electrons. The van der Waals surface area contributed by atoms with Crippen LogP contribution in [0.25, 0.3) is 5.65 Å². The highest BCUT2D eigenvalue weighted by Gasteiger charge is 2.21. The highest BCUT2D eigenvalue weighted by molar-refractivity contribution is 5.44. The molecule has 0 amide bonds. The van der Waals surface area contributed by atoms with Crippen LogP contribution in [0.2, 0.25) is 0 Å². The van der Waals surface area contributed by atoms with Crippen LogP contribution in [0.3, 0.4) is 0 Å².